The van der Waals surface area contributed by atoms with Crippen LogP contribution in [-0.2, 0) is 24.2 Å². The highest BCUT2D eigenvalue weighted by Gasteiger charge is 2.27. The maximum absolute atomic E-state index is 13.1. The number of aryl methyl sites for hydroxylation is 1. The van der Waals surface area contributed by atoms with Crippen LogP contribution < -0.4 is 10.1 Å². The minimum Gasteiger partial charge on any atom is -0.497 e. The number of benzene rings is 1. The van der Waals surface area contributed by atoms with Gasteiger partial charge in [-0.25, -0.2) is 4.79 Å². The van der Waals surface area contributed by atoms with Gasteiger partial charge in [0.1, 0.15) is 17.4 Å². The maximum atomic E-state index is 13.1. The number of carbonyl (C=O) groups excluding carboxylic acids is 2. The topological polar surface area (TPSA) is 95.3 Å². The van der Waals surface area contributed by atoms with Crippen molar-refractivity contribution in [1.82, 2.24) is 14.8 Å². The zero-order valence-electron chi connectivity index (χ0n) is 18.4. The number of aromatic nitrogens is 3. The molecule has 0 unspecified atom stereocenters. The minimum absolute atomic E-state index is 0.0396. The highest BCUT2D eigenvalue weighted by molar-refractivity contribution is 7.15. The summed E-state index contributed by atoms with van der Waals surface area (Å²) in [6.07, 6.45) is 7.95. The zero-order chi connectivity index (χ0) is 23.5. The summed E-state index contributed by atoms with van der Waals surface area (Å²) >= 11 is 2.76. The van der Waals surface area contributed by atoms with Gasteiger partial charge in [-0.2, -0.15) is 0 Å². The number of fused-ring (bicyclic) bond motifs is 1. The van der Waals surface area contributed by atoms with Crippen molar-refractivity contribution in [2.75, 3.05) is 12.4 Å². The van der Waals surface area contributed by atoms with Crippen molar-refractivity contribution in [3.8, 4) is 10.8 Å². The van der Waals surface area contributed by atoms with Gasteiger partial charge in [0.05, 0.1) is 12.7 Å². The van der Waals surface area contributed by atoms with Crippen molar-refractivity contribution in [3.05, 3.63) is 74.8 Å². The van der Waals surface area contributed by atoms with Crippen LogP contribution in [0.15, 0.2) is 48.8 Å². The molecule has 10 heteroatoms. The van der Waals surface area contributed by atoms with E-state index in [1.54, 1.807) is 42.7 Å². The van der Waals surface area contributed by atoms with Crippen molar-refractivity contribution in [2.45, 2.75) is 32.3 Å². The molecule has 1 aliphatic rings. The van der Waals surface area contributed by atoms with E-state index < -0.39 is 0 Å². The fourth-order valence-electron chi connectivity index (χ4n) is 3.88. The molecular weight excluding hydrogens is 472 g/mol. The van der Waals surface area contributed by atoms with Gasteiger partial charge < -0.3 is 19.4 Å². The number of nitrogens with zero attached hydrogens (tertiary/aromatic N) is 3. The van der Waals surface area contributed by atoms with E-state index in [4.69, 9.17) is 9.47 Å². The van der Waals surface area contributed by atoms with Crippen LogP contribution >= 0.6 is 22.7 Å². The Morgan fingerprint density at radius 3 is 2.59 bits per heavy atom. The second kappa shape index (κ2) is 9.78. The number of nitrogens with one attached hydrogen (secondary N) is 1. The zero-order valence-corrected chi connectivity index (χ0v) is 20.1. The van der Waals surface area contributed by atoms with Crippen LogP contribution in [0.25, 0.3) is 5.00 Å². The van der Waals surface area contributed by atoms with E-state index in [9.17, 15) is 9.59 Å². The largest absolute Gasteiger partial charge is 0.497 e. The molecule has 0 fully saturated rings. The SMILES string of the molecule is COc1ccc(NC(=O)c2nnc(COC(=O)c3c(-n4cccc4)sc4c3CCCC4)s2)cc1. The van der Waals surface area contributed by atoms with Crippen LogP contribution in [0.2, 0.25) is 0 Å². The lowest BCUT2D eigenvalue weighted by molar-refractivity contribution is 0.0470. The molecule has 0 radical (unpaired) electrons. The highest BCUT2D eigenvalue weighted by Crippen LogP contribution is 2.37. The van der Waals surface area contributed by atoms with Gasteiger partial charge in [0.25, 0.3) is 5.91 Å². The molecule has 1 aromatic carbocycles. The summed E-state index contributed by atoms with van der Waals surface area (Å²) in [4.78, 5) is 26.9. The second-order valence-corrected chi connectivity index (χ2v) is 9.89. The van der Waals surface area contributed by atoms with Crippen LogP contribution in [0, 0.1) is 0 Å². The maximum Gasteiger partial charge on any atom is 0.341 e. The lowest BCUT2D eigenvalue weighted by Crippen LogP contribution is -2.11. The number of hydrogen-bond donors (Lipinski definition) is 1. The smallest absolute Gasteiger partial charge is 0.341 e. The van der Waals surface area contributed by atoms with Crippen molar-refractivity contribution in [3.63, 3.8) is 0 Å². The monoisotopic (exact) mass is 494 g/mol. The summed E-state index contributed by atoms with van der Waals surface area (Å²) in [5, 5.41) is 12.3. The Morgan fingerprint density at radius 1 is 1.06 bits per heavy atom. The van der Waals surface area contributed by atoms with Crippen LogP contribution in [0.5, 0.6) is 5.75 Å². The van der Waals surface area contributed by atoms with Crippen molar-refractivity contribution in [1.29, 1.82) is 0 Å². The Hall–Kier alpha value is -3.50. The van der Waals surface area contributed by atoms with Crippen molar-refractivity contribution >= 4 is 40.2 Å². The van der Waals surface area contributed by atoms with Crippen molar-refractivity contribution < 1.29 is 19.1 Å². The third-order valence-corrected chi connectivity index (χ3v) is 7.73. The Balaban J connectivity index is 1.27. The summed E-state index contributed by atoms with van der Waals surface area (Å²) in [6, 6.07) is 10.9. The van der Waals surface area contributed by atoms with E-state index in [1.165, 1.54) is 4.88 Å². The normalized spacial score (nSPS) is 12.7. The summed E-state index contributed by atoms with van der Waals surface area (Å²) in [5.74, 6) is -0.0468. The minimum atomic E-state index is -0.373. The van der Waals surface area contributed by atoms with E-state index in [0.29, 0.717) is 22.0 Å². The molecule has 0 saturated carbocycles. The standard InChI is InChI=1S/C24H22N4O4S2/c1-31-16-10-8-15(9-11-16)25-21(29)22-27-26-19(34-22)14-32-24(30)20-17-6-2-3-7-18(17)33-23(20)28-12-4-5-13-28/h4-5,8-13H,2-3,6-7,14H2,1H3,(H,25,29). The molecule has 0 aliphatic heterocycles. The average Bonchev–Trinajstić information content (AvgIpc) is 3.62. The molecule has 0 atom stereocenters. The van der Waals surface area contributed by atoms with Crippen LogP contribution in [-0.4, -0.2) is 33.8 Å². The van der Waals surface area contributed by atoms with Gasteiger partial charge in [-0.1, -0.05) is 11.3 Å². The van der Waals surface area contributed by atoms with Crippen LogP contribution in [0.3, 0.4) is 0 Å². The second-order valence-electron chi connectivity index (χ2n) is 7.74. The van der Waals surface area contributed by atoms with Gasteiger partial charge in [-0.05, 0) is 67.6 Å². The summed E-state index contributed by atoms with van der Waals surface area (Å²) < 4.78 is 12.7. The molecule has 4 aromatic rings. The van der Waals surface area contributed by atoms with E-state index in [1.807, 2.05) is 29.1 Å². The average molecular weight is 495 g/mol. The van der Waals surface area contributed by atoms with Gasteiger partial charge in [0.15, 0.2) is 5.01 Å². The third-order valence-electron chi connectivity index (χ3n) is 5.53. The van der Waals surface area contributed by atoms with Crippen LogP contribution in [0.1, 0.15) is 48.5 Å². The Labute approximate surface area is 204 Å². The number of thiophene rings is 1. The molecule has 1 aliphatic carbocycles. The van der Waals surface area contributed by atoms with Crippen LogP contribution in [0.4, 0.5) is 5.69 Å². The van der Waals surface area contributed by atoms with E-state index in [2.05, 4.69) is 15.5 Å². The first-order chi connectivity index (χ1) is 16.6. The Morgan fingerprint density at radius 2 is 1.82 bits per heavy atom. The third kappa shape index (κ3) is 4.59. The van der Waals surface area contributed by atoms with Gasteiger partial charge >= 0.3 is 5.97 Å². The predicted octanol–water partition coefficient (Wildman–Crippen LogP) is 4.89. The predicted molar refractivity (Wildman–Crippen MR) is 130 cm³/mol. The fraction of sp³-hybridized carbons (Fsp3) is 0.250. The molecule has 3 aromatic heterocycles. The summed E-state index contributed by atoms with van der Waals surface area (Å²) in [5.41, 5.74) is 2.36. The number of esters is 1. The number of methoxy groups -OCH3 is 1. The van der Waals surface area contributed by atoms with Gasteiger partial charge in [-0.15, -0.1) is 21.5 Å². The van der Waals surface area contributed by atoms with Gasteiger partial charge in [0, 0.05) is 23.0 Å². The van der Waals surface area contributed by atoms with Gasteiger partial charge in [-0.3, -0.25) is 4.79 Å². The summed E-state index contributed by atoms with van der Waals surface area (Å²) in [6.45, 7) is -0.0396. The lowest BCUT2D eigenvalue weighted by atomic mass is 9.95. The number of ether oxygens (including phenoxy) is 2. The number of anilines is 1. The van der Waals surface area contributed by atoms with Crippen molar-refractivity contribution in [2.24, 2.45) is 0 Å². The molecule has 3 heterocycles. The molecule has 1 N–H and O–H groups in total. The van der Waals surface area contributed by atoms with E-state index >= 15 is 0 Å². The molecule has 5 rings (SSSR count). The molecular formula is C24H22N4O4S2. The molecule has 174 valence electrons. The first kappa shape index (κ1) is 22.3. The molecule has 0 bridgehead atoms. The quantitative estimate of drug-likeness (QED) is 0.368. The number of rotatable bonds is 7. The summed E-state index contributed by atoms with van der Waals surface area (Å²) in [7, 11) is 1.58. The molecule has 0 saturated heterocycles. The Bertz CT molecular complexity index is 1310. The molecule has 0 spiro atoms. The fourth-order valence-corrected chi connectivity index (χ4v) is 5.87. The number of carbonyl (C=O) groups is 2. The van der Waals surface area contributed by atoms with E-state index in [0.717, 1.165) is 47.6 Å². The molecule has 34 heavy (non-hydrogen) atoms. The Kier molecular flexibility index (Phi) is 6.41. The number of hydrogen-bond acceptors (Lipinski definition) is 8. The highest BCUT2D eigenvalue weighted by atomic mass is 32.1. The molecule has 1 amide bonds. The molecule has 8 nitrogen and oxygen atoms in total. The first-order valence-electron chi connectivity index (χ1n) is 10.8. The number of amides is 1. The first-order valence-corrected chi connectivity index (χ1v) is 12.5. The van der Waals surface area contributed by atoms with Gasteiger partial charge in [0.2, 0.25) is 5.01 Å². The lowest BCUT2D eigenvalue weighted by Gasteiger charge is -2.12. The van der Waals surface area contributed by atoms with E-state index in [-0.39, 0.29) is 23.5 Å².